The Kier molecular flexibility index (Phi) is 3.89. The average Bonchev–Trinajstić information content (AvgIpc) is 2.96. The van der Waals surface area contributed by atoms with Crippen LogP contribution in [-0.2, 0) is 10.0 Å². The summed E-state index contributed by atoms with van der Waals surface area (Å²) in [5, 5.41) is 10.3. The molecule has 2 aromatic carbocycles. The Bertz CT molecular complexity index is 940. The van der Waals surface area contributed by atoms with Crippen LogP contribution in [0.1, 0.15) is 12.7 Å². The van der Waals surface area contributed by atoms with Gasteiger partial charge in [0.1, 0.15) is 11.3 Å². The van der Waals surface area contributed by atoms with Gasteiger partial charge in [-0.3, -0.25) is 5.43 Å². The van der Waals surface area contributed by atoms with E-state index in [2.05, 4.69) is 10.5 Å². The Labute approximate surface area is 133 Å². The zero-order chi connectivity index (χ0) is 16.4. The van der Waals surface area contributed by atoms with Crippen LogP contribution in [0.4, 0.5) is 5.69 Å². The predicted molar refractivity (Wildman–Crippen MR) is 89.9 cm³/mol. The molecule has 0 aliphatic carbocycles. The van der Waals surface area contributed by atoms with Gasteiger partial charge in [-0.05, 0) is 43.3 Å². The van der Waals surface area contributed by atoms with Crippen molar-refractivity contribution in [3.05, 3.63) is 60.4 Å². The van der Waals surface area contributed by atoms with Crippen molar-refractivity contribution in [3.63, 3.8) is 0 Å². The van der Waals surface area contributed by atoms with Crippen LogP contribution in [0.25, 0.3) is 11.0 Å². The molecule has 0 bridgehead atoms. The Hall–Kier alpha value is -2.64. The van der Waals surface area contributed by atoms with Gasteiger partial charge in [0.25, 0.3) is 0 Å². The summed E-state index contributed by atoms with van der Waals surface area (Å²) in [5.74, 6) is 0.667. The van der Waals surface area contributed by atoms with Crippen LogP contribution in [0.2, 0.25) is 0 Å². The second-order valence-corrected chi connectivity index (χ2v) is 6.59. The van der Waals surface area contributed by atoms with Gasteiger partial charge in [0.2, 0.25) is 10.0 Å². The molecule has 118 valence electrons. The fraction of sp³-hybridized carbons (Fsp3) is 0.0625. The zero-order valence-corrected chi connectivity index (χ0v) is 13.2. The van der Waals surface area contributed by atoms with Crippen molar-refractivity contribution in [1.82, 2.24) is 0 Å². The van der Waals surface area contributed by atoms with E-state index in [4.69, 9.17) is 9.56 Å². The summed E-state index contributed by atoms with van der Waals surface area (Å²) in [5.41, 5.74) is 4.98. The Morgan fingerprint density at radius 1 is 1.13 bits per heavy atom. The molecular weight excluding hydrogens is 314 g/mol. The van der Waals surface area contributed by atoms with E-state index in [1.165, 1.54) is 12.1 Å². The van der Waals surface area contributed by atoms with Gasteiger partial charge in [0.05, 0.1) is 10.6 Å². The third-order valence-electron chi connectivity index (χ3n) is 3.32. The number of nitrogens with two attached hydrogens (primary N) is 1. The molecule has 0 aliphatic heterocycles. The Balaban J connectivity index is 1.79. The molecular formula is C16H15N3O3S. The number of hydrazone groups is 1. The van der Waals surface area contributed by atoms with Crippen molar-refractivity contribution in [2.45, 2.75) is 11.8 Å². The summed E-state index contributed by atoms with van der Waals surface area (Å²) in [6, 6.07) is 15.7. The second-order valence-electron chi connectivity index (χ2n) is 5.03. The highest BCUT2D eigenvalue weighted by atomic mass is 32.2. The maximum absolute atomic E-state index is 11.2. The van der Waals surface area contributed by atoms with Gasteiger partial charge in [-0.15, -0.1) is 0 Å². The zero-order valence-electron chi connectivity index (χ0n) is 12.4. The highest BCUT2D eigenvalue weighted by molar-refractivity contribution is 7.89. The van der Waals surface area contributed by atoms with Crippen molar-refractivity contribution in [3.8, 4) is 0 Å². The van der Waals surface area contributed by atoms with Gasteiger partial charge >= 0.3 is 0 Å². The maximum atomic E-state index is 11.2. The second kappa shape index (κ2) is 5.86. The number of furan rings is 1. The van der Waals surface area contributed by atoms with Gasteiger partial charge in [0.15, 0.2) is 5.76 Å². The number of hydrogen-bond acceptors (Lipinski definition) is 5. The molecule has 0 unspecified atom stereocenters. The van der Waals surface area contributed by atoms with E-state index in [0.717, 1.165) is 11.0 Å². The third-order valence-corrected chi connectivity index (χ3v) is 4.25. The monoisotopic (exact) mass is 329 g/mol. The number of anilines is 1. The van der Waals surface area contributed by atoms with Gasteiger partial charge in [-0.2, -0.15) is 5.10 Å². The molecule has 3 rings (SSSR count). The number of primary sulfonamides is 1. The van der Waals surface area contributed by atoms with E-state index < -0.39 is 10.0 Å². The first-order chi connectivity index (χ1) is 10.9. The molecule has 1 heterocycles. The minimum atomic E-state index is -3.69. The first-order valence-electron chi connectivity index (χ1n) is 6.85. The van der Waals surface area contributed by atoms with E-state index in [9.17, 15) is 8.42 Å². The van der Waals surface area contributed by atoms with E-state index in [1.54, 1.807) is 12.1 Å². The topological polar surface area (TPSA) is 97.7 Å². The van der Waals surface area contributed by atoms with Gasteiger partial charge < -0.3 is 4.42 Å². The van der Waals surface area contributed by atoms with Crippen LogP contribution in [0, 0.1) is 0 Å². The lowest BCUT2D eigenvalue weighted by molar-refractivity contribution is 0.598. The number of benzene rings is 2. The van der Waals surface area contributed by atoms with Crippen LogP contribution in [-0.4, -0.2) is 14.1 Å². The molecule has 1 aromatic heterocycles. The standard InChI is InChI=1S/C16H15N3O3S/c1-11(16-10-12-4-2-3-5-15(12)22-16)18-19-13-6-8-14(9-7-13)23(17,20)21/h2-10,19H,1H3,(H2,17,20,21)/b18-11+. The molecule has 6 nitrogen and oxygen atoms in total. The quantitative estimate of drug-likeness (QED) is 0.568. The van der Waals surface area contributed by atoms with E-state index in [0.29, 0.717) is 17.2 Å². The Morgan fingerprint density at radius 3 is 2.48 bits per heavy atom. The molecule has 0 spiro atoms. The fourth-order valence-electron chi connectivity index (χ4n) is 2.08. The lowest BCUT2D eigenvalue weighted by Crippen LogP contribution is -2.11. The molecule has 0 fully saturated rings. The largest absolute Gasteiger partial charge is 0.455 e. The van der Waals surface area contributed by atoms with Crippen LogP contribution in [0.15, 0.2) is 69.0 Å². The molecule has 3 N–H and O–H groups in total. The number of hydrogen-bond donors (Lipinski definition) is 2. The first kappa shape index (κ1) is 15.3. The smallest absolute Gasteiger partial charge is 0.238 e. The lowest BCUT2D eigenvalue weighted by Gasteiger charge is -2.03. The van der Waals surface area contributed by atoms with Crippen LogP contribution in [0.3, 0.4) is 0 Å². The third kappa shape index (κ3) is 3.41. The van der Waals surface area contributed by atoms with E-state index in [1.807, 2.05) is 37.3 Å². The van der Waals surface area contributed by atoms with Crippen molar-refractivity contribution >= 4 is 32.4 Å². The number of fused-ring (bicyclic) bond motifs is 1. The van der Waals surface area contributed by atoms with Gasteiger partial charge in [-0.25, -0.2) is 13.6 Å². The van der Waals surface area contributed by atoms with Crippen LogP contribution < -0.4 is 10.6 Å². The summed E-state index contributed by atoms with van der Waals surface area (Å²) >= 11 is 0. The SMILES string of the molecule is C/C(=N\Nc1ccc(S(N)(=O)=O)cc1)c1cc2ccccc2o1. The summed E-state index contributed by atoms with van der Waals surface area (Å²) in [6.07, 6.45) is 0. The molecule has 0 saturated carbocycles. The average molecular weight is 329 g/mol. The summed E-state index contributed by atoms with van der Waals surface area (Å²) in [6.45, 7) is 1.82. The van der Waals surface area contributed by atoms with Crippen molar-refractivity contribution < 1.29 is 12.8 Å². The maximum Gasteiger partial charge on any atom is 0.238 e. The minimum absolute atomic E-state index is 0.0565. The molecule has 0 atom stereocenters. The number of nitrogens with one attached hydrogen (secondary N) is 1. The van der Waals surface area contributed by atoms with Gasteiger partial charge in [0, 0.05) is 5.39 Å². The number of para-hydroxylation sites is 1. The Morgan fingerprint density at radius 2 is 1.83 bits per heavy atom. The minimum Gasteiger partial charge on any atom is -0.455 e. The summed E-state index contributed by atoms with van der Waals surface area (Å²) in [4.78, 5) is 0.0565. The molecule has 0 radical (unpaired) electrons. The molecule has 0 amide bonds. The molecule has 7 heteroatoms. The molecule has 0 aliphatic rings. The number of rotatable bonds is 4. The summed E-state index contributed by atoms with van der Waals surface area (Å²) < 4.78 is 28.1. The van der Waals surface area contributed by atoms with Crippen molar-refractivity contribution in [2.75, 3.05) is 5.43 Å². The predicted octanol–water partition coefficient (Wildman–Crippen LogP) is 2.92. The van der Waals surface area contributed by atoms with Crippen LogP contribution >= 0.6 is 0 Å². The lowest BCUT2D eigenvalue weighted by atomic mass is 10.2. The first-order valence-corrected chi connectivity index (χ1v) is 8.40. The fourth-order valence-corrected chi connectivity index (χ4v) is 2.60. The molecule has 0 saturated heterocycles. The number of nitrogens with zero attached hydrogens (tertiary/aromatic N) is 1. The molecule has 23 heavy (non-hydrogen) atoms. The van der Waals surface area contributed by atoms with Crippen molar-refractivity contribution in [1.29, 1.82) is 0 Å². The van der Waals surface area contributed by atoms with Crippen molar-refractivity contribution in [2.24, 2.45) is 10.2 Å². The number of sulfonamides is 1. The van der Waals surface area contributed by atoms with Crippen LogP contribution in [0.5, 0.6) is 0 Å². The van der Waals surface area contributed by atoms with E-state index >= 15 is 0 Å². The van der Waals surface area contributed by atoms with Gasteiger partial charge in [-0.1, -0.05) is 18.2 Å². The normalized spacial score (nSPS) is 12.5. The highest BCUT2D eigenvalue weighted by Crippen LogP contribution is 2.19. The summed E-state index contributed by atoms with van der Waals surface area (Å²) in [7, 11) is -3.69. The van der Waals surface area contributed by atoms with E-state index in [-0.39, 0.29) is 4.90 Å². The molecule has 3 aromatic rings. The highest BCUT2D eigenvalue weighted by Gasteiger charge is 2.07.